The van der Waals surface area contributed by atoms with E-state index >= 15 is 0 Å². The molecule has 1 saturated heterocycles. The van der Waals surface area contributed by atoms with E-state index in [1.54, 1.807) is 11.3 Å². The van der Waals surface area contributed by atoms with Crippen LogP contribution in [0.1, 0.15) is 37.7 Å². The number of fused-ring (bicyclic) bond motifs is 1. The van der Waals surface area contributed by atoms with E-state index in [0.717, 1.165) is 50.4 Å². The number of thiophene rings is 1. The van der Waals surface area contributed by atoms with Crippen molar-refractivity contribution in [3.05, 3.63) is 56.8 Å². The summed E-state index contributed by atoms with van der Waals surface area (Å²) in [5, 5.41) is 0. The molecule has 1 aromatic heterocycles. The molecule has 1 amide bonds. The summed E-state index contributed by atoms with van der Waals surface area (Å²) < 4.78 is 0. The number of carbonyl (C=O) groups is 1. The molecule has 24 heavy (non-hydrogen) atoms. The zero-order chi connectivity index (χ0) is 16.5. The van der Waals surface area contributed by atoms with Crippen LogP contribution in [-0.2, 0) is 19.4 Å². The molecule has 2 aromatic rings. The van der Waals surface area contributed by atoms with Crippen LogP contribution in [-0.4, -0.2) is 41.9 Å². The minimum atomic E-state index is 0.240. The lowest BCUT2D eigenvalue weighted by molar-refractivity contribution is 0.0633. The molecule has 0 unspecified atom stereocenters. The van der Waals surface area contributed by atoms with Crippen LogP contribution in [0.4, 0.5) is 0 Å². The summed E-state index contributed by atoms with van der Waals surface area (Å²) in [7, 11) is 0. The molecule has 2 heterocycles. The van der Waals surface area contributed by atoms with Crippen LogP contribution >= 0.6 is 11.3 Å². The Bertz CT molecular complexity index is 722. The molecule has 126 valence electrons. The minimum absolute atomic E-state index is 0.240. The number of amides is 1. The van der Waals surface area contributed by atoms with Crippen molar-refractivity contribution < 1.29 is 4.79 Å². The zero-order valence-corrected chi connectivity index (χ0v) is 15.1. The fourth-order valence-electron chi connectivity index (χ4n) is 3.77. The monoisotopic (exact) mass is 340 g/mol. The lowest BCUT2D eigenvalue weighted by Crippen LogP contribution is -2.48. The molecule has 0 N–H and O–H groups in total. The summed E-state index contributed by atoms with van der Waals surface area (Å²) in [6.45, 7) is 6.73. The first-order chi connectivity index (χ1) is 11.7. The Morgan fingerprint density at radius 2 is 1.96 bits per heavy atom. The number of aryl methyl sites for hydroxylation is 3. The van der Waals surface area contributed by atoms with Crippen LogP contribution in [0.2, 0.25) is 0 Å². The minimum Gasteiger partial charge on any atom is -0.335 e. The van der Waals surface area contributed by atoms with Crippen molar-refractivity contribution >= 4 is 17.2 Å². The number of rotatable bonds is 3. The topological polar surface area (TPSA) is 23.6 Å². The van der Waals surface area contributed by atoms with Crippen LogP contribution in [0.25, 0.3) is 0 Å². The van der Waals surface area contributed by atoms with E-state index in [4.69, 9.17) is 0 Å². The molecule has 3 nitrogen and oxygen atoms in total. The second-order valence-electron chi connectivity index (χ2n) is 6.97. The predicted molar refractivity (Wildman–Crippen MR) is 98.7 cm³/mol. The third kappa shape index (κ3) is 3.26. The number of hydrogen-bond acceptors (Lipinski definition) is 3. The highest BCUT2D eigenvalue weighted by Gasteiger charge is 2.25. The molecule has 2 aliphatic rings. The van der Waals surface area contributed by atoms with Crippen molar-refractivity contribution in [1.82, 2.24) is 9.80 Å². The Morgan fingerprint density at radius 1 is 1.12 bits per heavy atom. The summed E-state index contributed by atoms with van der Waals surface area (Å²) >= 11 is 1.72. The van der Waals surface area contributed by atoms with Gasteiger partial charge in [0, 0.05) is 37.6 Å². The fourth-order valence-corrected chi connectivity index (χ4v) is 4.99. The van der Waals surface area contributed by atoms with E-state index in [-0.39, 0.29) is 5.91 Å². The molecule has 0 saturated carbocycles. The Labute approximate surface area is 147 Å². The van der Waals surface area contributed by atoms with E-state index in [2.05, 4.69) is 42.2 Å². The molecule has 0 spiro atoms. The first kappa shape index (κ1) is 15.9. The third-order valence-corrected chi connectivity index (χ3v) is 6.33. The predicted octanol–water partition coefficient (Wildman–Crippen LogP) is 3.50. The van der Waals surface area contributed by atoms with E-state index in [1.165, 1.54) is 28.0 Å². The second-order valence-corrected chi connectivity index (χ2v) is 8.11. The van der Waals surface area contributed by atoms with Crippen LogP contribution < -0.4 is 0 Å². The molecular formula is C20H24N2OS. The van der Waals surface area contributed by atoms with E-state index in [9.17, 15) is 4.79 Å². The smallest absolute Gasteiger partial charge is 0.264 e. The summed E-state index contributed by atoms with van der Waals surface area (Å²) in [5.41, 5.74) is 4.10. The maximum atomic E-state index is 12.7. The lowest BCUT2D eigenvalue weighted by atomic mass is 10.1. The van der Waals surface area contributed by atoms with Gasteiger partial charge in [0.05, 0.1) is 4.88 Å². The van der Waals surface area contributed by atoms with Crippen molar-refractivity contribution in [1.29, 1.82) is 0 Å². The van der Waals surface area contributed by atoms with Gasteiger partial charge in [0.2, 0.25) is 0 Å². The Morgan fingerprint density at radius 3 is 2.71 bits per heavy atom. The van der Waals surface area contributed by atoms with Gasteiger partial charge in [0.1, 0.15) is 0 Å². The first-order valence-electron chi connectivity index (χ1n) is 8.88. The van der Waals surface area contributed by atoms with Crippen molar-refractivity contribution in [3.8, 4) is 0 Å². The van der Waals surface area contributed by atoms with Gasteiger partial charge in [-0.05, 0) is 43.4 Å². The lowest BCUT2D eigenvalue weighted by Gasteiger charge is -2.34. The van der Waals surface area contributed by atoms with Gasteiger partial charge in [-0.1, -0.05) is 29.8 Å². The fraction of sp³-hybridized carbons (Fsp3) is 0.450. The average Bonchev–Trinajstić information content (AvgIpc) is 3.16. The summed E-state index contributed by atoms with van der Waals surface area (Å²) in [5.74, 6) is 0.240. The van der Waals surface area contributed by atoms with Crippen molar-refractivity contribution in [2.24, 2.45) is 0 Å². The molecule has 0 bridgehead atoms. The van der Waals surface area contributed by atoms with Gasteiger partial charge < -0.3 is 4.90 Å². The molecule has 4 heteroatoms. The molecule has 1 fully saturated rings. The quantitative estimate of drug-likeness (QED) is 0.854. The normalized spacial score (nSPS) is 18.0. The number of hydrogen-bond donors (Lipinski definition) is 0. The third-order valence-electron chi connectivity index (χ3n) is 5.11. The Hall–Kier alpha value is -1.65. The van der Waals surface area contributed by atoms with E-state index in [1.807, 2.05) is 4.90 Å². The molecule has 4 rings (SSSR count). The maximum absolute atomic E-state index is 12.7. The summed E-state index contributed by atoms with van der Waals surface area (Å²) in [6.07, 6.45) is 3.58. The van der Waals surface area contributed by atoms with Gasteiger partial charge in [-0.15, -0.1) is 11.3 Å². The number of benzene rings is 1. The molecule has 1 aliphatic carbocycles. The first-order valence-corrected chi connectivity index (χ1v) is 9.69. The molecular weight excluding hydrogens is 316 g/mol. The van der Waals surface area contributed by atoms with Gasteiger partial charge >= 0.3 is 0 Å². The van der Waals surface area contributed by atoms with Gasteiger partial charge in [0.15, 0.2) is 0 Å². The van der Waals surface area contributed by atoms with Crippen molar-refractivity contribution in [2.45, 2.75) is 32.7 Å². The Balaban J connectivity index is 1.34. The largest absolute Gasteiger partial charge is 0.335 e. The van der Waals surface area contributed by atoms with Crippen molar-refractivity contribution in [3.63, 3.8) is 0 Å². The average molecular weight is 340 g/mol. The molecule has 0 atom stereocenters. The van der Waals surface area contributed by atoms with Crippen molar-refractivity contribution in [2.75, 3.05) is 26.2 Å². The maximum Gasteiger partial charge on any atom is 0.264 e. The highest BCUT2D eigenvalue weighted by Crippen LogP contribution is 2.31. The van der Waals surface area contributed by atoms with Gasteiger partial charge in [-0.2, -0.15) is 0 Å². The summed E-state index contributed by atoms with van der Waals surface area (Å²) in [6, 6.07) is 10.9. The second kappa shape index (κ2) is 6.69. The number of piperazine rings is 1. The highest BCUT2D eigenvalue weighted by atomic mass is 32.1. The summed E-state index contributed by atoms with van der Waals surface area (Å²) in [4.78, 5) is 19.6. The van der Waals surface area contributed by atoms with Gasteiger partial charge in [-0.3, -0.25) is 9.69 Å². The zero-order valence-electron chi connectivity index (χ0n) is 14.3. The highest BCUT2D eigenvalue weighted by molar-refractivity contribution is 7.14. The van der Waals surface area contributed by atoms with Crippen LogP contribution in [0.15, 0.2) is 30.3 Å². The number of carbonyl (C=O) groups excluding carboxylic acids is 1. The van der Waals surface area contributed by atoms with Crippen LogP contribution in [0.3, 0.4) is 0 Å². The van der Waals surface area contributed by atoms with Crippen LogP contribution in [0, 0.1) is 6.92 Å². The van der Waals surface area contributed by atoms with Crippen LogP contribution in [0.5, 0.6) is 0 Å². The van der Waals surface area contributed by atoms with E-state index < -0.39 is 0 Å². The number of nitrogens with zero attached hydrogens (tertiary/aromatic N) is 2. The molecule has 1 aromatic carbocycles. The Kier molecular flexibility index (Phi) is 4.42. The molecule has 1 aliphatic heterocycles. The van der Waals surface area contributed by atoms with E-state index in [0.29, 0.717) is 0 Å². The standard InChI is InChI=1S/C20H24N2OS/c1-15-4-2-5-16(12-15)14-21-8-10-22(11-9-21)20(23)19-13-17-6-3-7-18(17)24-19/h2,4-5,12-13H,3,6-11,14H2,1H3. The van der Waals surface area contributed by atoms with Gasteiger partial charge in [-0.25, -0.2) is 0 Å². The molecule has 0 radical (unpaired) electrons. The SMILES string of the molecule is Cc1cccc(CN2CCN(C(=O)c3cc4c(s3)CCC4)CC2)c1. The van der Waals surface area contributed by atoms with Gasteiger partial charge in [0.25, 0.3) is 5.91 Å².